The highest BCUT2D eigenvalue weighted by molar-refractivity contribution is 5.79. The van der Waals surface area contributed by atoms with Gasteiger partial charge in [0.2, 0.25) is 5.91 Å². The van der Waals surface area contributed by atoms with Gasteiger partial charge in [0.05, 0.1) is 0 Å². The van der Waals surface area contributed by atoms with Crippen molar-refractivity contribution in [3.05, 3.63) is 35.4 Å². The maximum Gasteiger partial charge on any atom is 0.226 e. The molecular weight excluding hydrogens is 416 g/mol. The van der Waals surface area contributed by atoms with Crippen LogP contribution in [0, 0.1) is 35.0 Å². The normalized spacial score (nSPS) is 22.3. The van der Waals surface area contributed by atoms with Gasteiger partial charge in [-0.1, -0.05) is 44.7 Å². The molecule has 2 aliphatic rings. The number of carbonyl (C=O) groups excluding carboxylic acids is 1. The number of likely N-dealkylation sites (tertiary alicyclic amines) is 1. The van der Waals surface area contributed by atoms with E-state index in [2.05, 4.69) is 87.4 Å². The average molecular weight is 465 g/mol. The molecule has 0 N–H and O–H groups in total. The van der Waals surface area contributed by atoms with Crippen molar-refractivity contribution in [3.8, 4) is 11.8 Å². The third-order valence-electron chi connectivity index (χ3n) is 7.53. The van der Waals surface area contributed by atoms with E-state index in [1.54, 1.807) is 0 Å². The lowest BCUT2D eigenvalue weighted by Gasteiger charge is -2.41. The summed E-state index contributed by atoms with van der Waals surface area (Å²) < 4.78 is 0. The van der Waals surface area contributed by atoms with Crippen molar-refractivity contribution < 1.29 is 4.79 Å². The van der Waals surface area contributed by atoms with E-state index in [1.807, 2.05) is 0 Å². The molecule has 3 rings (SSSR count). The van der Waals surface area contributed by atoms with Crippen molar-refractivity contribution in [3.63, 3.8) is 0 Å². The molecule has 1 aromatic rings. The first kappa shape index (κ1) is 26.8. The van der Waals surface area contributed by atoms with Crippen LogP contribution >= 0.6 is 0 Å². The van der Waals surface area contributed by atoms with Crippen molar-refractivity contribution >= 4 is 5.91 Å². The molecule has 3 nitrogen and oxygen atoms in total. The molecule has 34 heavy (non-hydrogen) atoms. The fraction of sp³-hybridized carbons (Fsp3) is 0.710. The molecule has 1 saturated carbocycles. The molecule has 3 heteroatoms. The summed E-state index contributed by atoms with van der Waals surface area (Å²) in [5, 5.41) is 0. The van der Waals surface area contributed by atoms with E-state index >= 15 is 0 Å². The number of carbonyl (C=O) groups is 1. The highest BCUT2D eigenvalue weighted by Gasteiger charge is 2.33. The summed E-state index contributed by atoms with van der Waals surface area (Å²) >= 11 is 0. The van der Waals surface area contributed by atoms with Crippen LogP contribution in [0.4, 0.5) is 0 Å². The van der Waals surface area contributed by atoms with Gasteiger partial charge in [-0.3, -0.25) is 4.79 Å². The number of amides is 1. The van der Waals surface area contributed by atoms with Crippen molar-refractivity contribution in [1.82, 2.24) is 9.80 Å². The molecule has 0 bridgehead atoms. The van der Waals surface area contributed by atoms with Crippen LogP contribution in [0.2, 0.25) is 0 Å². The van der Waals surface area contributed by atoms with Gasteiger partial charge in [0.15, 0.2) is 0 Å². The molecular formula is C31H48N2O. The highest BCUT2D eigenvalue weighted by Crippen LogP contribution is 2.32. The van der Waals surface area contributed by atoms with Gasteiger partial charge in [-0.25, -0.2) is 0 Å². The van der Waals surface area contributed by atoms with E-state index < -0.39 is 0 Å². The lowest BCUT2D eigenvalue weighted by atomic mass is 9.82. The van der Waals surface area contributed by atoms with Crippen LogP contribution in [0.25, 0.3) is 0 Å². The zero-order valence-electron chi connectivity index (χ0n) is 22.7. The SMILES string of the molecule is CC(C)CCN1CCC(N(Cc2cccc(C#CC(C)(C)C)c2)C(=O)C2CCC(C)CC2)CC1. The van der Waals surface area contributed by atoms with Crippen molar-refractivity contribution in [2.45, 2.75) is 99.1 Å². The molecule has 1 aliphatic heterocycles. The summed E-state index contributed by atoms with van der Waals surface area (Å²) in [5.41, 5.74) is 2.25. The molecule has 1 aliphatic carbocycles. The predicted molar refractivity (Wildman–Crippen MR) is 143 cm³/mol. The number of benzene rings is 1. The topological polar surface area (TPSA) is 23.6 Å². The fourth-order valence-electron chi connectivity index (χ4n) is 5.23. The Labute approximate surface area is 209 Å². The summed E-state index contributed by atoms with van der Waals surface area (Å²) in [6.45, 7) is 17.5. The van der Waals surface area contributed by atoms with Gasteiger partial charge in [-0.2, -0.15) is 0 Å². The minimum absolute atomic E-state index is 0.0142. The first-order chi connectivity index (χ1) is 16.1. The Hall–Kier alpha value is -1.79. The van der Waals surface area contributed by atoms with Crippen LogP contribution in [0.1, 0.15) is 97.6 Å². The second-order valence-electron chi connectivity index (χ2n) is 12.4. The number of nitrogens with zero attached hydrogens (tertiary/aromatic N) is 2. The quantitative estimate of drug-likeness (QED) is 0.417. The Morgan fingerprint density at radius 1 is 1.09 bits per heavy atom. The zero-order valence-corrected chi connectivity index (χ0v) is 22.7. The highest BCUT2D eigenvalue weighted by atomic mass is 16.2. The molecule has 1 amide bonds. The van der Waals surface area contributed by atoms with Gasteiger partial charge in [-0.15, -0.1) is 0 Å². The van der Waals surface area contributed by atoms with E-state index in [1.165, 1.54) is 31.4 Å². The molecule has 0 spiro atoms. The van der Waals surface area contributed by atoms with Gasteiger partial charge >= 0.3 is 0 Å². The van der Waals surface area contributed by atoms with E-state index in [9.17, 15) is 4.79 Å². The number of piperidine rings is 1. The monoisotopic (exact) mass is 464 g/mol. The third kappa shape index (κ3) is 8.46. The molecule has 2 fully saturated rings. The third-order valence-corrected chi connectivity index (χ3v) is 7.53. The maximum absolute atomic E-state index is 13.8. The van der Waals surface area contributed by atoms with Crippen molar-refractivity contribution in [1.29, 1.82) is 0 Å². The van der Waals surface area contributed by atoms with Crippen molar-refractivity contribution in [2.24, 2.45) is 23.2 Å². The molecule has 1 saturated heterocycles. The van der Waals surface area contributed by atoms with E-state index in [0.29, 0.717) is 18.5 Å². The van der Waals surface area contributed by atoms with Crippen LogP contribution in [0.5, 0.6) is 0 Å². The summed E-state index contributed by atoms with van der Waals surface area (Å²) in [6, 6.07) is 8.90. The Morgan fingerprint density at radius 3 is 2.38 bits per heavy atom. The van der Waals surface area contributed by atoms with E-state index in [4.69, 9.17) is 0 Å². The fourth-order valence-corrected chi connectivity index (χ4v) is 5.23. The number of rotatable bonds is 7. The van der Waals surface area contributed by atoms with Gasteiger partial charge in [0, 0.05) is 42.6 Å². The second-order valence-corrected chi connectivity index (χ2v) is 12.4. The van der Waals surface area contributed by atoms with Crippen molar-refractivity contribution in [2.75, 3.05) is 19.6 Å². The first-order valence-electron chi connectivity index (χ1n) is 13.8. The van der Waals surface area contributed by atoms with Crippen LogP contribution in [0.3, 0.4) is 0 Å². The van der Waals surface area contributed by atoms with Crippen LogP contribution in [0.15, 0.2) is 24.3 Å². The van der Waals surface area contributed by atoms with Gasteiger partial charge < -0.3 is 9.80 Å². The molecule has 0 unspecified atom stereocenters. The zero-order chi connectivity index (χ0) is 24.7. The van der Waals surface area contributed by atoms with Crippen LogP contribution in [-0.4, -0.2) is 41.4 Å². The molecule has 1 heterocycles. The molecule has 0 radical (unpaired) electrons. The minimum Gasteiger partial charge on any atom is -0.335 e. The van der Waals surface area contributed by atoms with Crippen LogP contribution in [-0.2, 0) is 11.3 Å². The predicted octanol–water partition coefficient (Wildman–Crippen LogP) is 6.75. The average Bonchev–Trinajstić information content (AvgIpc) is 2.80. The summed E-state index contributed by atoms with van der Waals surface area (Å²) in [4.78, 5) is 18.7. The number of hydrogen-bond donors (Lipinski definition) is 0. The Bertz CT molecular complexity index is 840. The molecule has 188 valence electrons. The second kappa shape index (κ2) is 12.3. The molecule has 0 aromatic heterocycles. The minimum atomic E-state index is -0.0142. The van der Waals surface area contributed by atoms with Gasteiger partial charge in [0.25, 0.3) is 0 Å². The molecule has 0 atom stereocenters. The van der Waals surface area contributed by atoms with Crippen LogP contribution < -0.4 is 0 Å². The first-order valence-corrected chi connectivity index (χ1v) is 13.8. The lowest BCUT2D eigenvalue weighted by molar-refractivity contribution is -0.141. The maximum atomic E-state index is 13.8. The summed E-state index contributed by atoms with van der Waals surface area (Å²) in [7, 11) is 0. The Balaban J connectivity index is 1.73. The van der Waals surface area contributed by atoms with E-state index in [0.717, 1.165) is 56.2 Å². The Kier molecular flexibility index (Phi) is 9.66. The summed E-state index contributed by atoms with van der Waals surface area (Å²) in [6.07, 6.45) is 7.94. The smallest absolute Gasteiger partial charge is 0.226 e. The summed E-state index contributed by atoms with van der Waals surface area (Å²) in [5.74, 6) is 8.81. The van der Waals surface area contributed by atoms with Gasteiger partial charge in [0.1, 0.15) is 0 Å². The largest absolute Gasteiger partial charge is 0.335 e. The standard InChI is InChI=1S/C31H48N2O/c1-24(2)15-19-32-20-16-29(17-21-32)33(30(34)28-12-10-25(3)11-13-28)23-27-9-7-8-26(22-27)14-18-31(4,5)6/h7-9,22,24-25,28-29H,10-13,15-17,19-21,23H2,1-6H3. The molecule has 1 aromatic carbocycles. The van der Waals surface area contributed by atoms with Gasteiger partial charge in [-0.05, 0) is 102 Å². The number of hydrogen-bond acceptors (Lipinski definition) is 2. The van der Waals surface area contributed by atoms with E-state index in [-0.39, 0.29) is 11.3 Å². The lowest BCUT2D eigenvalue weighted by Crippen LogP contribution is -2.49. The Morgan fingerprint density at radius 2 is 1.76 bits per heavy atom.